The van der Waals surface area contributed by atoms with Crippen LogP contribution in [0.15, 0.2) is 41.8 Å². The van der Waals surface area contributed by atoms with Crippen molar-refractivity contribution in [1.82, 2.24) is 5.32 Å². The Balaban J connectivity index is 1.55. The molecule has 5 heteroatoms. The Morgan fingerprint density at radius 1 is 1.29 bits per heavy atom. The molecule has 1 aliphatic heterocycles. The van der Waals surface area contributed by atoms with Crippen LogP contribution < -0.4 is 10.2 Å². The number of rotatable bonds is 6. The van der Waals surface area contributed by atoms with E-state index in [1.54, 1.807) is 16.2 Å². The molecule has 126 valence electrons. The van der Waals surface area contributed by atoms with Crippen LogP contribution in [0.1, 0.15) is 23.8 Å². The second-order valence-electron chi connectivity index (χ2n) is 5.97. The maximum absolute atomic E-state index is 12.6. The Kier molecular flexibility index (Phi) is 5.30. The number of hydrogen-bond acceptors (Lipinski definition) is 3. The van der Waals surface area contributed by atoms with Crippen molar-refractivity contribution < 1.29 is 9.59 Å². The highest BCUT2D eigenvalue weighted by Gasteiger charge is 2.37. The predicted octanol–water partition coefficient (Wildman–Crippen LogP) is 3.02. The van der Waals surface area contributed by atoms with E-state index in [-0.39, 0.29) is 11.8 Å². The highest BCUT2D eigenvalue weighted by atomic mass is 32.1. The summed E-state index contributed by atoms with van der Waals surface area (Å²) in [6.07, 6.45) is 2.37. The highest BCUT2D eigenvalue weighted by Crippen LogP contribution is 2.25. The number of aryl methyl sites for hydroxylation is 1. The van der Waals surface area contributed by atoms with Gasteiger partial charge in [-0.2, -0.15) is 0 Å². The van der Waals surface area contributed by atoms with Gasteiger partial charge in [-0.25, -0.2) is 0 Å². The Morgan fingerprint density at radius 2 is 2.08 bits per heavy atom. The molecule has 2 amide bonds. The van der Waals surface area contributed by atoms with Crippen LogP contribution in [0, 0.1) is 5.92 Å². The summed E-state index contributed by atoms with van der Waals surface area (Å²) < 4.78 is 0. The molecule has 0 unspecified atom stereocenters. The van der Waals surface area contributed by atoms with E-state index in [9.17, 15) is 9.59 Å². The molecule has 4 nitrogen and oxygen atoms in total. The summed E-state index contributed by atoms with van der Waals surface area (Å²) in [6.45, 7) is 3.29. The molecule has 0 radical (unpaired) electrons. The lowest BCUT2D eigenvalue weighted by atomic mass is 10.1. The van der Waals surface area contributed by atoms with E-state index in [4.69, 9.17) is 0 Å². The smallest absolute Gasteiger partial charge is 0.239 e. The molecule has 0 aliphatic carbocycles. The maximum Gasteiger partial charge on any atom is 0.239 e. The number of thiophene rings is 1. The second-order valence-corrected chi connectivity index (χ2v) is 7.00. The molecule has 2 heterocycles. The van der Waals surface area contributed by atoms with Gasteiger partial charge in [0.15, 0.2) is 0 Å². The molecule has 1 aromatic heterocycles. The van der Waals surface area contributed by atoms with Gasteiger partial charge in [0.2, 0.25) is 11.8 Å². The van der Waals surface area contributed by atoms with Gasteiger partial charge in [0, 0.05) is 23.7 Å². The number of nitrogens with one attached hydrogen (secondary N) is 1. The molecule has 1 aromatic carbocycles. The minimum absolute atomic E-state index is 0.0899. The van der Waals surface area contributed by atoms with Gasteiger partial charge in [-0.15, -0.1) is 11.3 Å². The summed E-state index contributed by atoms with van der Waals surface area (Å²) in [5, 5.41) is 4.93. The normalized spacial score (nSPS) is 17.3. The molecule has 3 rings (SSSR count). The van der Waals surface area contributed by atoms with Crippen LogP contribution in [0.25, 0.3) is 0 Å². The van der Waals surface area contributed by atoms with E-state index in [0.29, 0.717) is 19.5 Å². The molecule has 0 spiro atoms. The standard InChI is InChI=1S/C19H22N2O2S/c1-2-14-5-7-15(8-6-14)21-12-10-17(19(21)23)18(22)20-11-9-16-4-3-13-24-16/h3-8,13,17H,2,9-12H2,1H3,(H,20,22)/t17-/m1/s1. The number of carbonyl (C=O) groups is 2. The summed E-state index contributed by atoms with van der Waals surface area (Å²) in [7, 11) is 0. The summed E-state index contributed by atoms with van der Waals surface area (Å²) in [5.41, 5.74) is 2.12. The number of amides is 2. The predicted molar refractivity (Wildman–Crippen MR) is 97.3 cm³/mol. The van der Waals surface area contributed by atoms with E-state index in [0.717, 1.165) is 18.5 Å². The van der Waals surface area contributed by atoms with Crippen LogP contribution in [0.2, 0.25) is 0 Å². The van der Waals surface area contributed by atoms with E-state index >= 15 is 0 Å². The Morgan fingerprint density at radius 3 is 2.75 bits per heavy atom. The fourth-order valence-electron chi connectivity index (χ4n) is 2.98. The van der Waals surface area contributed by atoms with Crippen LogP contribution >= 0.6 is 11.3 Å². The molecule has 2 aromatic rings. The van der Waals surface area contributed by atoms with E-state index in [1.807, 2.05) is 35.7 Å². The third kappa shape index (κ3) is 3.67. The van der Waals surface area contributed by atoms with Crippen molar-refractivity contribution >= 4 is 28.8 Å². The molecule has 1 aliphatic rings. The van der Waals surface area contributed by atoms with Gasteiger partial charge in [-0.3, -0.25) is 9.59 Å². The van der Waals surface area contributed by atoms with Gasteiger partial charge < -0.3 is 10.2 Å². The number of benzene rings is 1. The summed E-state index contributed by atoms with van der Waals surface area (Å²) in [5.74, 6) is -0.795. The van der Waals surface area contributed by atoms with Crippen molar-refractivity contribution in [3.63, 3.8) is 0 Å². The first-order valence-corrected chi connectivity index (χ1v) is 9.27. The van der Waals surface area contributed by atoms with Gasteiger partial charge in [0.05, 0.1) is 0 Å². The Labute approximate surface area is 146 Å². The number of anilines is 1. The van der Waals surface area contributed by atoms with Crippen molar-refractivity contribution in [3.8, 4) is 0 Å². The third-order valence-corrected chi connectivity index (χ3v) is 5.37. The van der Waals surface area contributed by atoms with Gasteiger partial charge >= 0.3 is 0 Å². The Bertz CT molecular complexity index is 695. The highest BCUT2D eigenvalue weighted by molar-refractivity contribution is 7.09. The van der Waals surface area contributed by atoms with Crippen molar-refractivity contribution in [2.75, 3.05) is 18.0 Å². The van der Waals surface area contributed by atoms with Crippen LogP contribution in [0.5, 0.6) is 0 Å². The summed E-state index contributed by atoms with van der Waals surface area (Å²) in [6, 6.07) is 12.1. The monoisotopic (exact) mass is 342 g/mol. The average molecular weight is 342 g/mol. The first-order chi connectivity index (χ1) is 11.7. The lowest BCUT2D eigenvalue weighted by Gasteiger charge is -2.17. The fraction of sp³-hybridized carbons (Fsp3) is 0.368. The quantitative estimate of drug-likeness (QED) is 0.821. The van der Waals surface area contributed by atoms with E-state index in [1.165, 1.54) is 10.4 Å². The molecule has 24 heavy (non-hydrogen) atoms. The van der Waals surface area contributed by atoms with Crippen molar-refractivity contribution in [2.45, 2.75) is 26.2 Å². The fourth-order valence-corrected chi connectivity index (χ4v) is 3.69. The zero-order chi connectivity index (χ0) is 16.9. The summed E-state index contributed by atoms with van der Waals surface area (Å²) in [4.78, 5) is 27.8. The molecular formula is C19H22N2O2S. The minimum Gasteiger partial charge on any atom is -0.355 e. The minimum atomic E-state index is -0.556. The molecule has 1 fully saturated rings. The van der Waals surface area contributed by atoms with Gasteiger partial charge in [0.25, 0.3) is 0 Å². The van der Waals surface area contributed by atoms with Crippen LogP contribution in [-0.4, -0.2) is 24.9 Å². The zero-order valence-electron chi connectivity index (χ0n) is 13.8. The first-order valence-electron chi connectivity index (χ1n) is 8.39. The van der Waals surface area contributed by atoms with Crippen molar-refractivity contribution in [3.05, 3.63) is 52.2 Å². The number of nitrogens with zero attached hydrogens (tertiary/aromatic N) is 1. The number of carbonyl (C=O) groups excluding carboxylic acids is 2. The van der Waals surface area contributed by atoms with Gasteiger partial charge in [0.1, 0.15) is 5.92 Å². The van der Waals surface area contributed by atoms with Gasteiger partial charge in [-0.1, -0.05) is 25.1 Å². The van der Waals surface area contributed by atoms with Crippen LogP contribution in [0.4, 0.5) is 5.69 Å². The molecule has 1 N–H and O–H groups in total. The zero-order valence-corrected chi connectivity index (χ0v) is 14.6. The maximum atomic E-state index is 12.6. The van der Waals surface area contributed by atoms with E-state index in [2.05, 4.69) is 18.3 Å². The lowest BCUT2D eigenvalue weighted by Crippen LogP contribution is -2.37. The van der Waals surface area contributed by atoms with Crippen LogP contribution in [-0.2, 0) is 22.4 Å². The molecule has 1 atom stereocenters. The topological polar surface area (TPSA) is 49.4 Å². The first kappa shape index (κ1) is 16.7. The number of hydrogen-bond donors (Lipinski definition) is 1. The SMILES string of the molecule is CCc1ccc(N2CC[C@H](C(=O)NCCc3cccs3)C2=O)cc1. The second kappa shape index (κ2) is 7.62. The van der Waals surface area contributed by atoms with E-state index < -0.39 is 5.92 Å². The van der Waals surface area contributed by atoms with Crippen molar-refractivity contribution in [1.29, 1.82) is 0 Å². The average Bonchev–Trinajstić information content (AvgIpc) is 3.24. The van der Waals surface area contributed by atoms with Crippen LogP contribution in [0.3, 0.4) is 0 Å². The molecule has 0 saturated carbocycles. The Hall–Kier alpha value is -2.14. The molecular weight excluding hydrogens is 320 g/mol. The summed E-state index contributed by atoms with van der Waals surface area (Å²) >= 11 is 1.68. The molecule has 0 bridgehead atoms. The molecule has 1 saturated heterocycles. The largest absolute Gasteiger partial charge is 0.355 e. The van der Waals surface area contributed by atoms with Crippen molar-refractivity contribution in [2.24, 2.45) is 5.92 Å². The van der Waals surface area contributed by atoms with Gasteiger partial charge in [-0.05, 0) is 48.4 Å². The third-order valence-electron chi connectivity index (χ3n) is 4.43. The lowest BCUT2D eigenvalue weighted by molar-refractivity contribution is -0.132.